The minimum atomic E-state index is 0.223. The lowest BCUT2D eigenvalue weighted by atomic mass is 9.84. The van der Waals surface area contributed by atoms with Crippen molar-refractivity contribution in [3.63, 3.8) is 0 Å². The summed E-state index contributed by atoms with van der Waals surface area (Å²) in [5, 5.41) is 0. The summed E-state index contributed by atoms with van der Waals surface area (Å²) in [6.45, 7) is 4.30. The molecule has 0 saturated heterocycles. The van der Waals surface area contributed by atoms with Crippen LogP contribution in [-0.2, 0) is 4.79 Å². The molecule has 0 unspecified atom stereocenters. The molecule has 1 aliphatic carbocycles. The zero-order valence-electron chi connectivity index (χ0n) is 6.68. The molecule has 56 valence electrons. The van der Waals surface area contributed by atoms with Gasteiger partial charge in [0.1, 0.15) is 0 Å². The maximum Gasteiger partial charge on any atom is 0.155 e. The van der Waals surface area contributed by atoms with Crippen LogP contribution in [0.3, 0.4) is 0 Å². The first-order valence-corrected chi connectivity index (χ1v) is 3.80. The van der Waals surface area contributed by atoms with Gasteiger partial charge in [0.25, 0.3) is 0 Å². The molecule has 1 rings (SSSR count). The summed E-state index contributed by atoms with van der Waals surface area (Å²) in [7, 11) is 0. The molecule has 10 heavy (non-hydrogen) atoms. The number of allylic oxidation sites excluding steroid dienone is 2. The molecule has 1 heteroatoms. The molecule has 0 atom stereocenters. The van der Waals surface area contributed by atoms with Crippen LogP contribution in [0.2, 0.25) is 0 Å². The second kappa shape index (κ2) is 2.57. The van der Waals surface area contributed by atoms with Gasteiger partial charge in [-0.2, -0.15) is 0 Å². The van der Waals surface area contributed by atoms with Crippen molar-refractivity contribution in [3.05, 3.63) is 12.2 Å². The van der Waals surface area contributed by atoms with Gasteiger partial charge in [-0.15, -0.1) is 0 Å². The van der Waals surface area contributed by atoms with E-state index in [9.17, 15) is 4.79 Å². The van der Waals surface area contributed by atoms with Crippen molar-refractivity contribution in [2.75, 3.05) is 0 Å². The molecular weight excluding hydrogens is 124 g/mol. The van der Waals surface area contributed by atoms with E-state index < -0.39 is 0 Å². The van der Waals surface area contributed by atoms with Gasteiger partial charge in [0.15, 0.2) is 5.78 Å². The van der Waals surface area contributed by atoms with Crippen LogP contribution in [0.25, 0.3) is 0 Å². The van der Waals surface area contributed by atoms with E-state index in [1.54, 1.807) is 6.08 Å². The largest absolute Gasteiger partial charge is 0.295 e. The molecule has 0 amide bonds. The Hall–Kier alpha value is -0.590. The van der Waals surface area contributed by atoms with Gasteiger partial charge in [0.05, 0.1) is 0 Å². The molecular formula is C9H14O. The van der Waals surface area contributed by atoms with Crippen LogP contribution in [-0.4, -0.2) is 5.78 Å². The number of hydrogen-bond donors (Lipinski definition) is 0. The van der Waals surface area contributed by atoms with E-state index in [1.165, 1.54) is 0 Å². The molecule has 0 spiro atoms. The van der Waals surface area contributed by atoms with Crippen LogP contribution in [0.5, 0.6) is 0 Å². The molecule has 0 radical (unpaired) electrons. The first-order valence-electron chi connectivity index (χ1n) is 3.80. The molecule has 0 saturated carbocycles. The van der Waals surface area contributed by atoms with Gasteiger partial charge in [-0.3, -0.25) is 4.79 Å². The van der Waals surface area contributed by atoms with E-state index in [0.717, 1.165) is 12.8 Å². The second-order valence-corrected chi connectivity index (χ2v) is 3.75. The van der Waals surface area contributed by atoms with E-state index >= 15 is 0 Å². The Bertz CT molecular complexity index is 166. The Morgan fingerprint density at radius 3 is 2.90 bits per heavy atom. The summed E-state index contributed by atoms with van der Waals surface area (Å²) in [5.74, 6) is 0.280. The van der Waals surface area contributed by atoms with Crippen molar-refractivity contribution in [2.45, 2.75) is 33.1 Å². The van der Waals surface area contributed by atoms with Gasteiger partial charge in [-0.05, 0) is 24.3 Å². The van der Waals surface area contributed by atoms with Crippen molar-refractivity contribution in [1.29, 1.82) is 0 Å². The predicted molar refractivity (Wildman–Crippen MR) is 41.8 cm³/mol. The summed E-state index contributed by atoms with van der Waals surface area (Å²) in [4.78, 5) is 11.0. The van der Waals surface area contributed by atoms with Crippen LogP contribution in [0.4, 0.5) is 0 Å². The smallest absolute Gasteiger partial charge is 0.155 e. The standard InChI is InChI=1S/C9H14O/c1-9(2)6-4-3-5-8(10)7-9/h3,5H,4,6-7H2,1-2H3. The minimum absolute atomic E-state index is 0.223. The van der Waals surface area contributed by atoms with E-state index in [4.69, 9.17) is 0 Å². The molecule has 0 aromatic rings. The molecule has 0 aromatic carbocycles. The summed E-state index contributed by atoms with van der Waals surface area (Å²) >= 11 is 0. The third-order valence-electron chi connectivity index (χ3n) is 1.94. The maximum absolute atomic E-state index is 11.0. The first-order chi connectivity index (χ1) is 4.60. The Kier molecular flexibility index (Phi) is 1.93. The lowest BCUT2D eigenvalue weighted by molar-refractivity contribution is -0.116. The van der Waals surface area contributed by atoms with Crippen LogP contribution < -0.4 is 0 Å². The van der Waals surface area contributed by atoms with Gasteiger partial charge < -0.3 is 0 Å². The summed E-state index contributed by atoms with van der Waals surface area (Å²) in [6, 6.07) is 0. The third kappa shape index (κ3) is 1.98. The Morgan fingerprint density at radius 2 is 2.20 bits per heavy atom. The average Bonchev–Trinajstić information content (AvgIpc) is 1.90. The van der Waals surface area contributed by atoms with Crippen LogP contribution in [0, 0.1) is 5.41 Å². The molecule has 0 bridgehead atoms. The van der Waals surface area contributed by atoms with Crippen molar-refractivity contribution >= 4 is 5.78 Å². The highest BCUT2D eigenvalue weighted by Gasteiger charge is 2.21. The van der Waals surface area contributed by atoms with Crippen molar-refractivity contribution < 1.29 is 4.79 Å². The van der Waals surface area contributed by atoms with Crippen LogP contribution >= 0.6 is 0 Å². The fourth-order valence-corrected chi connectivity index (χ4v) is 1.31. The SMILES string of the molecule is CC1(C)CCC=CC(=O)C1. The van der Waals surface area contributed by atoms with Gasteiger partial charge in [-0.1, -0.05) is 19.9 Å². The van der Waals surface area contributed by atoms with Gasteiger partial charge >= 0.3 is 0 Å². The quantitative estimate of drug-likeness (QED) is 0.502. The van der Waals surface area contributed by atoms with E-state index in [-0.39, 0.29) is 11.2 Å². The molecule has 0 heterocycles. The number of rotatable bonds is 0. The maximum atomic E-state index is 11.0. The van der Waals surface area contributed by atoms with Crippen molar-refractivity contribution in [3.8, 4) is 0 Å². The summed E-state index contributed by atoms with van der Waals surface area (Å²) in [5.41, 5.74) is 0.223. The molecule has 0 aromatic heterocycles. The topological polar surface area (TPSA) is 17.1 Å². The Balaban J connectivity index is 2.64. The van der Waals surface area contributed by atoms with Gasteiger partial charge in [-0.25, -0.2) is 0 Å². The number of hydrogen-bond acceptors (Lipinski definition) is 1. The lowest BCUT2D eigenvalue weighted by Crippen LogP contribution is -2.13. The zero-order valence-corrected chi connectivity index (χ0v) is 6.68. The molecule has 0 fully saturated rings. The fraction of sp³-hybridized carbons (Fsp3) is 0.667. The highest BCUT2D eigenvalue weighted by Crippen LogP contribution is 2.29. The Morgan fingerprint density at radius 1 is 1.50 bits per heavy atom. The highest BCUT2D eigenvalue weighted by atomic mass is 16.1. The molecule has 0 aliphatic heterocycles. The third-order valence-corrected chi connectivity index (χ3v) is 1.94. The minimum Gasteiger partial charge on any atom is -0.295 e. The van der Waals surface area contributed by atoms with Crippen LogP contribution in [0.1, 0.15) is 33.1 Å². The van der Waals surface area contributed by atoms with Gasteiger partial charge in [0, 0.05) is 6.42 Å². The van der Waals surface area contributed by atoms with E-state index in [2.05, 4.69) is 13.8 Å². The zero-order chi connectivity index (χ0) is 7.61. The Labute approximate surface area is 62.1 Å². The predicted octanol–water partition coefficient (Wildman–Crippen LogP) is 2.32. The first kappa shape index (κ1) is 7.52. The highest BCUT2D eigenvalue weighted by molar-refractivity contribution is 5.90. The van der Waals surface area contributed by atoms with Crippen LogP contribution in [0.15, 0.2) is 12.2 Å². The summed E-state index contributed by atoms with van der Waals surface area (Å²) in [6.07, 6.45) is 6.60. The van der Waals surface area contributed by atoms with E-state index in [0.29, 0.717) is 6.42 Å². The van der Waals surface area contributed by atoms with Gasteiger partial charge in [0.2, 0.25) is 0 Å². The van der Waals surface area contributed by atoms with E-state index in [1.807, 2.05) is 6.08 Å². The normalized spacial score (nSPS) is 24.4. The fourth-order valence-electron chi connectivity index (χ4n) is 1.31. The second-order valence-electron chi connectivity index (χ2n) is 3.75. The average molecular weight is 138 g/mol. The van der Waals surface area contributed by atoms with Crippen molar-refractivity contribution in [2.24, 2.45) is 5.41 Å². The van der Waals surface area contributed by atoms with Crippen molar-refractivity contribution in [1.82, 2.24) is 0 Å². The number of carbonyl (C=O) groups excluding carboxylic acids is 1. The molecule has 0 N–H and O–H groups in total. The summed E-state index contributed by atoms with van der Waals surface area (Å²) < 4.78 is 0. The lowest BCUT2D eigenvalue weighted by Gasteiger charge is -2.20. The number of carbonyl (C=O) groups is 1. The number of ketones is 1. The monoisotopic (exact) mass is 138 g/mol. The molecule has 1 aliphatic rings. The molecule has 1 nitrogen and oxygen atoms in total.